The summed E-state index contributed by atoms with van der Waals surface area (Å²) in [5, 5.41) is 1.49. The molecule has 0 aliphatic heterocycles. The van der Waals surface area contributed by atoms with Crippen molar-refractivity contribution in [3.8, 4) is 11.3 Å². The van der Waals surface area contributed by atoms with Crippen LogP contribution in [0.2, 0.25) is 19.6 Å². The van der Waals surface area contributed by atoms with Crippen molar-refractivity contribution in [2.24, 2.45) is 0 Å². The Morgan fingerprint density at radius 1 is 0.800 bits per heavy atom. The number of nitrogens with zero attached hydrogens (tertiary/aromatic N) is 1. The fourth-order valence-electron chi connectivity index (χ4n) is 3.28. The van der Waals surface area contributed by atoms with Gasteiger partial charge in [0.2, 0.25) is 0 Å². The summed E-state index contributed by atoms with van der Waals surface area (Å²) in [5.74, 6) is 0. The lowest BCUT2D eigenvalue weighted by atomic mass is 9.75. The molecule has 0 spiro atoms. The Bertz CT molecular complexity index is 846. The van der Waals surface area contributed by atoms with Gasteiger partial charge in [-0.2, -0.15) is 0 Å². The fraction of sp³-hybridized carbons (Fsp3) is 0.261. The number of rotatable bonds is 4. The van der Waals surface area contributed by atoms with Crippen molar-refractivity contribution in [1.82, 2.24) is 4.98 Å². The van der Waals surface area contributed by atoms with E-state index >= 15 is 0 Å². The quantitative estimate of drug-likeness (QED) is 0.559. The number of hydrogen-bond acceptors (Lipinski definition) is 1. The molecular formula is C23H27NSi. The Morgan fingerprint density at radius 2 is 1.48 bits per heavy atom. The van der Waals surface area contributed by atoms with E-state index in [1.807, 2.05) is 12.3 Å². The third-order valence-electron chi connectivity index (χ3n) is 5.00. The van der Waals surface area contributed by atoms with Crippen molar-refractivity contribution in [2.45, 2.75) is 38.9 Å². The monoisotopic (exact) mass is 345 g/mol. The molecular weight excluding hydrogens is 318 g/mol. The van der Waals surface area contributed by atoms with Gasteiger partial charge in [-0.05, 0) is 23.3 Å². The van der Waals surface area contributed by atoms with Crippen molar-refractivity contribution >= 4 is 13.3 Å². The largest absolute Gasteiger partial charge is 0.256 e. The second-order valence-electron chi connectivity index (χ2n) is 8.22. The van der Waals surface area contributed by atoms with E-state index in [1.165, 1.54) is 21.9 Å². The van der Waals surface area contributed by atoms with Gasteiger partial charge in [0.05, 0.1) is 13.8 Å². The Hall–Kier alpha value is -2.19. The smallest absolute Gasteiger partial charge is 0.0776 e. The molecule has 0 aliphatic carbocycles. The van der Waals surface area contributed by atoms with Crippen LogP contribution in [-0.4, -0.2) is 13.1 Å². The normalized spacial score (nSPS) is 12.2. The predicted octanol–water partition coefficient (Wildman–Crippen LogP) is 5.62. The molecule has 0 radical (unpaired) electrons. The first-order valence-electron chi connectivity index (χ1n) is 8.92. The van der Waals surface area contributed by atoms with Gasteiger partial charge >= 0.3 is 0 Å². The first kappa shape index (κ1) is 17.6. The van der Waals surface area contributed by atoms with Gasteiger partial charge in [0.25, 0.3) is 0 Å². The van der Waals surface area contributed by atoms with Crippen LogP contribution >= 0.6 is 0 Å². The average Bonchev–Trinajstić information content (AvgIpc) is 2.62. The fourth-order valence-corrected chi connectivity index (χ4v) is 4.44. The lowest BCUT2D eigenvalue weighted by Gasteiger charge is -2.30. The SMILES string of the molecule is CC(C)(c1ccccc1)c1cc([Si](C)(C)C)ccc1-c1ccccn1. The van der Waals surface area contributed by atoms with Gasteiger partial charge < -0.3 is 0 Å². The summed E-state index contributed by atoms with van der Waals surface area (Å²) in [7, 11) is -1.39. The highest BCUT2D eigenvalue weighted by Gasteiger charge is 2.28. The van der Waals surface area contributed by atoms with Crippen LogP contribution in [0.3, 0.4) is 0 Å². The van der Waals surface area contributed by atoms with E-state index < -0.39 is 8.07 Å². The summed E-state index contributed by atoms with van der Waals surface area (Å²) in [6.45, 7) is 11.8. The van der Waals surface area contributed by atoms with Gasteiger partial charge in [0.15, 0.2) is 0 Å². The summed E-state index contributed by atoms with van der Waals surface area (Å²) >= 11 is 0. The molecule has 25 heavy (non-hydrogen) atoms. The second kappa shape index (κ2) is 6.60. The molecule has 0 N–H and O–H groups in total. The summed E-state index contributed by atoms with van der Waals surface area (Å²) in [6.07, 6.45) is 1.88. The molecule has 2 aromatic carbocycles. The zero-order valence-electron chi connectivity index (χ0n) is 15.9. The minimum Gasteiger partial charge on any atom is -0.256 e. The molecule has 1 heterocycles. The van der Waals surface area contributed by atoms with Gasteiger partial charge in [-0.1, -0.05) is 93.3 Å². The minimum atomic E-state index is -1.39. The molecule has 0 amide bonds. The van der Waals surface area contributed by atoms with Gasteiger partial charge in [-0.25, -0.2) is 0 Å². The summed E-state index contributed by atoms with van der Waals surface area (Å²) < 4.78 is 0. The molecule has 128 valence electrons. The Balaban J connectivity index is 2.25. The van der Waals surface area contributed by atoms with Crippen molar-refractivity contribution in [3.05, 3.63) is 84.1 Å². The Morgan fingerprint density at radius 3 is 2.08 bits per heavy atom. The van der Waals surface area contributed by atoms with E-state index in [1.54, 1.807) is 0 Å². The van der Waals surface area contributed by atoms with Gasteiger partial charge in [0, 0.05) is 17.2 Å². The summed E-state index contributed by atoms with van der Waals surface area (Å²) in [5.41, 5.74) is 4.89. The van der Waals surface area contributed by atoms with Crippen LogP contribution in [-0.2, 0) is 5.41 Å². The highest BCUT2D eigenvalue weighted by atomic mass is 28.3. The van der Waals surface area contributed by atoms with E-state index in [2.05, 4.69) is 99.1 Å². The molecule has 0 atom stereocenters. The molecule has 0 bridgehead atoms. The first-order valence-corrected chi connectivity index (χ1v) is 12.4. The van der Waals surface area contributed by atoms with Crippen molar-refractivity contribution in [3.63, 3.8) is 0 Å². The molecule has 3 aromatic rings. The lowest BCUT2D eigenvalue weighted by Crippen LogP contribution is -2.38. The number of pyridine rings is 1. The average molecular weight is 346 g/mol. The van der Waals surface area contributed by atoms with Crippen LogP contribution in [0.5, 0.6) is 0 Å². The lowest BCUT2D eigenvalue weighted by molar-refractivity contribution is 0.643. The van der Waals surface area contributed by atoms with Crippen molar-refractivity contribution in [1.29, 1.82) is 0 Å². The molecule has 0 saturated carbocycles. The number of hydrogen-bond donors (Lipinski definition) is 0. The Labute approximate surface area is 152 Å². The summed E-state index contributed by atoms with van der Waals surface area (Å²) in [6, 6.07) is 23.9. The number of benzene rings is 2. The summed E-state index contributed by atoms with van der Waals surface area (Å²) in [4.78, 5) is 4.62. The first-order chi connectivity index (χ1) is 11.8. The van der Waals surface area contributed by atoms with Crippen LogP contribution in [0.4, 0.5) is 0 Å². The van der Waals surface area contributed by atoms with Crippen molar-refractivity contribution in [2.75, 3.05) is 0 Å². The van der Waals surface area contributed by atoms with Crippen LogP contribution in [0.15, 0.2) is 72.9 Å². The maximum Gasteiger partial charge on any atom is 0.0776 e. The van der Waals surface area contributed by atoms with Crippen LogP contribution < -0.4 is 5.19 Å². The molecule has 1 aromatic heterocycles. The Kier molecular flexibility index (Phi) is 4.66. The second-order valence-corrected chi connectivity index (χ2v) is 13.3. The number of aromatic nitrogens is 1. The van der Waals surface area contributed by atoms with Gasteiger partial charge in [-0.3, -0.25) is 4.98 Å². The van der Waals surface area contributed by atoms with E-state index in [-0.39, 0.29) is 5.41 Å². The van der Waals surface area contributed by atoms with Crippen molar-refractivity contribution < 1.29 is 0 Å². The van der Waals surface area contributed by atoms with Gasteiger partial charge in [-0.15, -0.1) is 0 Å². The molecule has 0 unspecified atom stereocenters. The predicted molar refractivity (Wildman–Crippen MR) is 111 cm³/mol. The molecule has 0 fully saturated rings. The van der Waals surface area contributed by atoms with Crippen LogP contribution in [0.1, 0.15) is 25.0 Å². The zero-order valence-corrected chi connectivity index (χ0v) is 16.9. The molecule has 1 nitrogen and oxygen atoms in total. The van der Waals surface area contributed by atoms with Gasteiger partial charge in [0.1, 0.15) is 0 Å². The van der Waals surface area contributed by atoms with E-state index in [0.717, 1.165) is 5.69 Å². The highest BCUT2D eigenvalue weighted by Crippen LogP contribution is 2.37. The zero-order chi connectivity index (χ0) is 18.1. The van der Waals surface area contributed by atoms with E-state index in [0.29, 0.717) is 0 Å². The van der Waals surface area contributed by atoms with E-state index in [9.17, 15) is 0 Å². The maximum absolute atomic E-state index is 4.62. The molecule has 2 heteroatoms. The standard InChI is InChI=1S/C23H27NSi/c1-23(2,18-11-7-6-8-12-18)21-17-19(25(3,4)5)14-15-20(21)22-13-9-10-16-24-22/h6-17H,1-5H3. The molecule has 0 saturated heterocycles. The van der Waals surface area contributed by atoms with Crippen LogP contribution in [0, 0.1) is 0 Å². The molecule has 0 aliphatic rings. The maximum atomic E-state index is 4.62. The molecule has 3 rings (SSSR count). The minimum absolute atomic E-state index is 0.0796. The third-order valence-corrected chi connectivity index (χ3v) is 7.04. The highest BCUT2D eigenvalue weighted by molar-refractivity contribution is 6.88. The third kappa shape index (κ3) is 3.59. The topological polar surface area (TPSA) is 12.9 Å². The van der Waals surface area contributed by atoms with Crippen LogP contribution in [0.25, 0.3) is 11.3 Å². The van der Waals surface area contributed by atoms with E-state index in [4.69, 9.17) is 0 Å².